The molecule has 1 spiro atoms. The molecule has 4 nitrogen and oxygen atoms in total. The molecule has 0 radical (unpaired) electrons. The molecule has 2 aromatic rings. The van der Waals surface area contributed by atoms with E-state index in [1.54, 1.807) is 4.90 Å². The van der Waals surface area contributed by atoms with Crippen LogP contribution in [0.15, 0.2) is 54.6 Å². The number of carbonyl (C=O) groups is 1. The van der Waals surface area contributed by atoms with Crippen molar-refractivity contribution in [3.63, 3.8) is 0 Å². The monoisotopic (exact) mass is 295 g/mol. The SMILES string of the molecule is O=C1N(CCc2ccccc2)c2ccccc2C12OCCO2. The van der Waals surface area contributed by atoms with E-state index in [2.05, 4.69) is 12.1 Å². The molecule has 0 unspecified atom stereocenters. The van der Waals surface area contributed by atoms with Crippen LogP contribution in [-0.2, 0) is 26.5 Å². The van der Waals surface area contributed by atoms with E-state index in [0.29, 0.717) is 19.8 Å². The van der Waals surface area contributed by atoms with Crippen LogP contribution >= 0.6 is 0 Å². The Morgan fingerprint density at radius 3 is 2.41 bits per heavy atom. The van der Waals surface area contributed by atoms with Gasteiger partial charge in [-0.3, -0.25) is 4.79 Å². The Balaban J connectivity index is 1.64. The molecule has 2 aliphatic rings. The van der Waals surface area contributed by atoms with Gasteiger partial charge in [0.15, 0.2) is 0 Å². The van der Waals surface area contributed by atoms with Gasteiger partial charge in [0.05, 0.1) is 18.9 Å². The van der Waals surface area contributed by atoms with Crippen molar-refractivity contribution in [2.45, 2.75) is 12.2 Å². The lowest BCUT2D eigenvalue weighted by Gasteiger charge is -2.22. The molecule has 1 fully saturated rings. The first-order valence-corrected chi connectivity index (χ1v) is 7.54. The maximum absolute atomic E-state index is 12.9. The fraction of sp³-hybridized carbons (Fsp3) is 0.278. The van der Waals surface area contributed by atoms with Crippen LogP contribution in [0.5, 0.6) is 0 Å². The number of anilines is 1. The Labute approximate surface area is 129 Å². The lowest BCUT2D eigenvalue weighted by atomic mass is 10.1. The van der Waals surface area contributed by atoms with Crippen LogP contribution in [0, 0.1) is 0 Å². The fourth-order valence-electron chi connectivity index (χ4n) is 3.19. The lowest BCUT2D eigenvalue weighted by Crippen LogP contribution is -2.42. The maximum Gasteiger partial charge on any atom is 0.292 e. The molecule has 0 aliphatic carbocycles. The van der Waals surface area contributed by atoms with E-state index >= 15 is 0 Å². The van der Waals surface area contributed by atoms with E-state index < -0.39 is 5.79 Å². The highest BCUT2D eigenvalue weighted by Gasteiger charge is 2.55. The zero-order chi connectivity index (χ0) is 15.0. The molecule has 2 aliphatic heterocycles. The first kappa shape index (κ1) is 13.5. The second-order valence-electron chi connectivity index (χ2n) is 5.52. The fourth-order valence-corrected chi connectivity index (χ4v) is 3.19. The van der Waals surface area contributed by atoms with Gasteiger partial charge >= 0.3 is 0 Å². The number of ether oxygens (including phenoxy) is 2. The first-order chi connectivity index (χ1) is 10.8. The Kier molecular flexibility index (Phi) is 3.21. The normalized spacial score (nSPS) is 18.9. The number of amides is 1. The van der Waals surface area contributed by atoms with Crippen LogP contribution < -0.4 is 4.90 Å². The zero-order valence-electron chi connectivity index (χ0n) is 12.2. The van der Waals surface area contributed by atoms with Gasteiger partial charge in [-0.2, -0.15) is 0 Å². The molecular weight excluding hydrogens is 278 g/mol. The minimum Gasteiger partial charge on any atom is -0.336 e. The summed E-state index contributed by atoms with van der Waals surface area (Å²) in [6.07, 6.45) is 0.803. The number of fused-ring (bicyclic) bond motifs is 2. The number of nitrogens with zero attached hydrogens (tertiary/aromatic N) is 1. The largest absolute Gasteiger partial charge is 0.336 e. The number of para-hydroxylation sites is 1. The van der Waals surface area contributed by atoms with E-state index in [1.165, 1.54) is 5.56 Å². The summed E-state index contributed by atoms with van der Waals surface area (Å²) in [6, 6.07) is 17.9. The van der Waals surface area contributed by atoms with Crippen molar-refractivity contribution in [2.75, 3.05) is 24.7 Å². The molecule has 4 heteroatoms. The van der Waals surface area contributed by atoms with Crippen molar-refractivity contribution in [1.29, 1.82) is 0 Å². The minimum atomic E-state index is -1.21. The summed E-state index contributed by atoms with van der Waals surface area (Å²) in [6.45, 7) is 1.52. The molecule has 0 atom stereocenters. The number of rotatable bonds is 3. The van der Waals surface area contributed by atoms with Gasteiger partial charge in [0, 0.05) is 12.1 Å². The third-order valence-electron chi connectivity index (χ3n) is 4.24. The lowest BCUT2D eigenvalue weighted by molar-refractivity contribution is -0.180. The maximum atomic E-state index is 12.9. The van der Waals surface area contributed by atoms with Gasteiger partial charge in [0.2, 0.25) is 0 Å². The number of hydrogen-bond donors (Lipinski definition) is 0. The second kappa shape index (κ2) is 5.23. The Bertz CT molecular complexity index is 692. The molecule has 0 aromatic heterocycles. The summed E-state index contributed by atoms with van der Waals surface area (Å²) in [5.74, 6) is -1.32. The highest BCUT2D eigenvalue weighted by atomic mass is 16.7. The Morgan fingerprint density at radius 2 is 1.64 bits per heavy atom. The Hall–Kier alpha value is -2.17. The summed E-state index contributed by atoms with van der Waals surface area (Å²) in [4.78, 5) is 14.7. The Morgan fingerprint density at radius 1 is 0.955 bits per heavy atom. The number of carbonyl (C=O) groups excluding carboxylic acids is 1. The van der Waals surface area contributed by atoms with Crippen LogP contribution in [0.1, 0.15) is 11.1 Å². The van der Waals surface area contributed by atoms with Crippen LogP contribution in [0.25, 0.3) is 0 Å². The van der Waals surface area contributed by atoms with Crippen molar-refractivity contribution in [2.24, 2.45) is 0 Å². The topological polar surface area (TPSA) is 38.8 Å². The van der Waals surface area contributed by atoms with Crippen LogP contribution in [0.2, 0.25) is 0 Å². The van der Waals surface area contributed by atoms with Gasteiger partial charge in [0.25, 0.3) is 11.7 Å². The summed E-state index contributed by atoms with van der Waals surface area (Å²) in [7, 11) is 0. The van der Waals surface area contributed by atoms with Gasteiger partial charge in [0.1, 0.15) is 0 Å². The van der Waals surface area contributed by atoms with Gasteiger partial charge in [-0.1, -0.05) is 48.5 Å². The van der Waals surface area contributed by atoms with E-state index in [-0.39, 0.29) is 5.91 Å². The molecular formula is C18H17NO3. The number of hydrogen-bond acceptors (Lipinski definition) is 3. The van der Waals surface area contributed by atoms with Crippen LogP contribution in [0.3, 0.4) is 0 Å². The predicted octanol–water partition coefficient (Wildman–Crippen LogP) is 2.48. The molecule has 4 rings (SSSR count). The third-order valence-corrected chi connectivity index (χ3v) is 4.24. The van der Waals surface area contributed by atoms with E-state index in [4.69, 9.17) is 9.47 Å². The van der Waals surface area contributed by atoms with Crippen LogP contribution in [-0.4, -0.2) is 25.7 Å². The molecule has 0 N–H and O–H groups in total. The molecule has 112 valence electrons. The van der Waals surface area contributed by atoms with Crippen LogP contribution in [0.4, 0.5) is 5.69 Å². The van der Waals surface area contributed by atoms with Crippen molar-refractivity contribution in [3.8, 4) is 0 Å². The molecule has 1 amide bonds. The van der Waals surface area contributed by atoms with E-state index in [1.807, 2.05) is 42.5 Å². The molecule has 0 bridgehead atoms. The quantitative estimate of drug-likeness (QED) is 0.873. The first-order valence-electron chi connectivity index (χ1n) is 7.54. The number of benzene rings is 2. The molecule has 2 aromatic carbocycles. The summed E-state index contributed by atoms with van der Waals surface area (Å²) in [5, 5.41) is 0. The summed E-state index contributed by atoms with van der Waals surface area (Å²) in [5.41, 5.74) is 2.93. The smallest absolute Gasteiger partial charge is 0.292 e. The van der Waals surface area contributed by atoms with Gasteiger partial charge < -0.3 is 14.4 Å². The predicted molar refractivity (Wildman–Crippen MR) is 82.5 cm³/mol. The third kappa shape index (κ3) is 1.95. The summed E-state index contributed by atoms with van der Waals surface area (Å²) >= 11 is 0. The van der Waals surface area contributed by atoms with Gasteiger partial charge in [-0.05, 0) is 18.1 Å². The van der Waals surface area contributed by atoms with E-state index in [0.717, 1.165) is 17.7 Å². The van der Waals surface area contributed by atoms with Crippen molar-refractivity contribution in [1.82, 2.24) is 0 Å². The average Bonchev–Trinajstić information content (AvgIpc) is 3.14. The highest BCUT2D eigenvalue weighted by Crippen LogP contribution is 2.45. The van der Waals surface area contributed by atoms with E-state index in [9.17, 15) is 4.79 Å². The molecule has 1 saturated heterocycles. The summed E-state index contributed by atoms with van der Waals surface area (Å²) < 4.78 is 11.4. The second-order valence-corrected chi connectivity index (χ2v) is 5.52. The van der Waals surface area contributed by atoms with Gasteiger partial charge in [-0.15, -0.1) is 0 Å². The molecule has 22 heavy (non-hydrogen) atoms. The van der Waals surface area contributed by atoms with Crippen molar-refractivity contribution < 1.29 is 14.3 Å². The minimum absolute atomic E-state index is 0.109. The highest BCUT2D eigenvalue weighted by molar-refractivity contribution is 6.06. The van der Waals surface area contributed by atoms with Crippen molar-refractivity contribution >= 4 is 11.6 Å². The standard InChI is InChI=1S/C18H17NO3/c20-17-18(21-12-13-22-18)15-8-4-5-9-16(15)19(17)11-10-14-6-2-1-3-7-14/h1-9H,10-13H2. The molecule has 2 heterocycles. The average molecular weight is 295 g/mol. The zero-order valence-corrected chi connectivity index (χ0v) is 12.2. The van der Waals surface area contributed by atoms with Gasteiger partial charge in [-0.25, -0.2) is 0 Å². The molecule has 0 saturated carbocycles. The van der Waals surface area contributed by atoms with Crippen molar-refractivity contribution in [3.05, 3.63) is 65.7 Å².